The van der Waals surface area contributed by atoms with E-state index in [9.17, 15) is 8.42 Å². The number of hydrogen-bond donors (Lipinski definition) is 1. The summed E-state index contributed by atoms with van der Waals surface area (Å²) in [5.74, 6) is 0.431. The maximum atomic E-state index is 11.6. The third-order valence-corrected chi connectivity index (χ3v) is 5.80. The van der Waals surface area contributed by atoms with Gasteiger partial charge in [0.1, 0.15) is 0 Å². The predicted molar refractivity (Wildman–Crippen MR) is 85.7 cm³/mol. The van der Waals surface area contributed by atoms with Gasteiger partial charge in [-0.3, -0.25) is 4.99 Å². The lowest BCUT2D eigenvalue weighted by Crippen LogP contribution is -2.48. The first kappa shape index (κ1) is 17.0. The number of sulfone groups is 1. The second-order valence-corrected chi connectivity index (χ2v) is 7.67. The lowest BCUT2D eigenvalue weighted by atomic mass is 10.3. The summed E-state index contributed by atoms with van der Waals surface area (Å²) in [7, 11) is -3.03. The molecule has 2 aliphatic rings. The fraction of sp³-hybridized carbons (Fsp3) is 0.909. The van der Waals surface area contributed by atoms with Crippen LogP contribution >= 0.6 is 24.0 Å². The van der Waals surface area contributed by atoms with Crippen LogP contribution in [0.1, 0.15) is 19.8 Å². The first-order chi connectivity index (χ1) is 8.34. The number of aliphatic imine (C=N–C) groups is 1. The van der Waals surface area contributed by atoms with Gasteiger partial charge in [-0.05, 0) is 19.8 Å². The first-order valence-electron chi connectivity index (χ1n) is 6.20. The summed E-state index contributed by atoms with van der Waals surface area (Å²) in [6, 6.07) is 0. The Labute approximate surface area is 131 Å². The molecule has 1 aliphatic heterocycles. The number of rotatable bonds is 3. The molecule has 1 saturated carbocycles. The highest BCUT2D eigenvalue weighted by molar-refractivity contribution is 14.0. The molecule has 1 aliphatic carbocycles. The average Bonchev–Trinajstić information content (AvgIpc) is 3.06. The van der Waals surface area contributed by atoms with Gasteiger partial charge in [-0.25, -0.2) is 8.42 Å². The second kappa shape index (κ2) is 6.13. The molecule has 0 bridgehead atoms. The van der Waals surface area contributed by atoms with Crippen LogP contribution in [0.5, 0.6) is 0 Å². The Morgan fingerprint density at radius 1 is 1.53 bits per heavy atom. The fourth-order valence-electron chi connectivity index (χ4n) is 2.14. The third kappa shape index (κ3) is 3.94. The summed E-state index contributed by atoms with van der Waals surface area (Å²) in [6.45, 7) is 4.32. The summed E-state index contributed by atoms with van der Waals surface area (Å²) in [6.07, 6.45) is 2.81. The van der Waals surface area contributed by atoms with Crippen molar-refractivity contribution in [2.45, 2.75) is 30.6 Å². The van der Waals surface area contributed by atoms with Gasteiger partial charge in [-0.1, -0.05) is 0 Å². The van der Waals surface area contributed by atoms with Crippen LogP contribution in [0.4, 0.5) is 0 Å². The van der Waals surface area contributed by atoms with Crippen molar-refractivity contribution in [2.24, 2.45) is 10.7 Å². The molecule has 8 heteroatoms. The van der Waals surface area contributed by atoms with Gasteiger partial charge in [-0.15, -0.1) is 24.0 Å². The average molecular weight is 403 g/mol. The van der Waals surface area contributed by atoms with Gasteiger partial charge in [0.15, 0.2) is 15.8 Å². The van der Waals surface area contributed by atoms with E-state index in [4.69, 9.17) is 10.5 Å². The summed E-state index contributed by atoms with van der Waals surface area (Å²) in [5, 5.41) is 0. The van der Waals surface area contributed by atoms with Crippen molar-refractivity contribution in [3.8, 4) is 0 Å². The maximum Gasteiger partial charge on any atom is 0.191 e. The zero-order valence-electron chi connectivity index (χ0n) is 11.3. The molecule has 19 heavy (non-hydrogen) atoms. The molecule has 1 heterocycles. The molecule has 0 aromatic carbocycles. The molecule has 1 atom stereocenters. The van der Waals surface area contributed by atoms with Crippen LogP contribution in [-0.2, 0) is 14.6 Å². The van der Waals surface area contributed by atoms with Crippen molar-refractivity contribution in [1.29, 1.82) is 0 Å². The van der Waals surface area contributed by atoms with E-state index < -0.39 is 14.6 Å². The van der Waals surface area contributed by atoms with E-state index in [2.05, 4.69) is 4.99 Å². The largest absolute Gasteiger partial charge is 0.375 e. The molecule has 0 amide bonds. The second-order valence-electron chi connectivity index (χ2n) is 5.26. The van der Waals surface area contributed by atoms with Crippen LogP contribution in [0.3, 0.4) is 0 Å². The van der Waals surface area contributed by atoms with E-state index in [-0.39, 0.29) is 36.6 Å². The van der Waals surface area contributed by atoms with Crippen LogP contribution in [-0.4, -0.2) is 62.6 Å². The lowest BCUT2D eigenvalue weighted by Gasteiger charge is -2.32. The number of halogens is 1. The quantitative estimate of drug-likeness (QED) is 0.414. The van der Waals surface area contributed by atoms with Crippen molar-refractivity contribution in [2.75, 3.05) is 32.5 Å². The minimum absolute atomic E-state index is 0. The molecular weight excluding hydrogens is 381 g/mol. The monoisotopic (exact) mass is 403 g/mol. The molecule has 1 unspecified atom stereocenters. The van der Waals surface area contributed by atoms with Crippen LogP contribution < -0.4 is 5.73 Å². The molecule has 2 fully saturated rings. The van der Waals surface area contributed by atoms with Crippen LogP contribution in [0.25, 0.3) is 0 Å². The number of nitrogens with two attached hydrogens (primary N) is 1. The normalized spacial score (nSPS) is 26.7. The smallest absolute Gasteiger partial charge is 0.191 e. The van der Waals surface area contributed by atoms with E-state index in [0.717, 1.165) is 0 Å². The number of nitrogens with zero attached hydrogens (tertiary/aromatic N) is 2. The van der Waals surface area contributed by atoms with E-state index in [1.54, 1.807) is 0 Å². The Hall–Kier alpha value is -0.0900. The highest BCUT2D eigenvalue weighted by atomic mass is 127. The van der Waals surface area contributed by atoms with Gasteiger partial charge in [0.2, 0.25) is 0 Å². The topological polar surface area (TPSA) is 85.0 Å². The molecule has 112 valence electrons. The first-order valence-corrected chi connectivity index (χ1v) is 8.09. The van der Waals surface area contributed by atoms with E-state index in [0.29, 0.717) is 38.5 Å². The molecule has 1 saturated heterocycles. The summed E-state index contributed by atoms with van der Waals surface area (Å²) < 4.78 is 28.0. The SMILES string of the molecule is CC1CN(C(N)=NCC2(S(C)(=O)=O)CC2)CCO1.I. The third-order valence-electron chi connectivity index (χ3n) is 3.69. The van der Waals surface area contributed by atoms with Gasteiger partial charge in [0.05, 0.1) is 24.0 Å². The standard InChI is InChI=1S/C11H21N3O3S.HI/c1-9-7-14(5-6-17-9)10(12)13-8-11(3-4-11)18(2,15)16;/h9H,3-8H2,1-2H3,(H2,12,13);1H. The van der Waals surface area contributed by atoms with E-state index in [1.807, 2.05) is 11.8 Å². The van der Waals surface area contributed by atoms with Crippen molar-refractivity contribution in [3.05, 3.63) is 0 Å². The molecule has 0 aromatic heterocycles. The van der Waals surface area contributed by atoms with Crippen molar-refractivity contribution < 1.29 is 13.2 Å². The number of ether oxygens (including phenoxy) is 1. The van der Waals surface area contributed by atoms with Gasteiger partial charge in [0.25, 0.3) is 0 Å². The zero-order chi connectivity index (χ0) is 13.4. The van der Waals surface area contributed by atoms with E-state index in [1.165, 1.54) is 6.26 Å². The Kier molecular flexibility index (Phi) is 5.47. The molecular formula is C11H22IN3O3S. The van der Waals surface area contributed by atoms with Gasteiger partial charge >= 0.3 is 0 Å². The van der Waals surface area contributed by atoms with Crippen LogP contribution in [0, 0.1) is 0 Å². The Bertz CT molecular complexity index is 448. The Morgan fingerprint density at radius 3 is 2.63 bits per heavy atom. The summed E-state index contributed by atoms with van der Waals surface area (Å²) in [5.41, 5.74) is 5.91. The molecule has 2 rings (SSSR count). The van der Waals surface area contributed by atoms with Gasteiger partial charge < -0.3 is 15.4 Å². The fourth-order valence-corrected chi connectivity index (χ4v) is 3.28. The zero-order valence-corrected chi connectivity index (χ0v) is 14.5. The molecule has 0 radical (unpaired) electrons. The van der Waals surface area contributed by atoms with Crippen molar-refractivity contribution >= 4 is 39.8 Å². The number of morpholine rings is 1. The molecule has 0 spiro atoms. The van der Waals surface area contributed by atoms with Crippen molar-refractivity contribution in [3.63, 3.8) is 0 Å². The number of hydrogen-bond acceptors (Lipinski definition) is 4. The summed E-state index contributed by atoms with van der Waals surface area (Å²) >= 11 is 0. The minimum Gasteiger partial charge on any atom is -0.375 e. The summed E-state index contributed by atoms with van der Waals surface area (Å²) in [4.78, 5) is 6.22. The lowest BCUT2D eigenvalue weighted by molar-refractivity contribution is 0.00530. The van der Waals surface area contributed by atoms with Gasteiger partial charge in [0, 0.05) is 19.3 Å². The molecule has 6 nitrogen and oxygen atoms in total. The predicted octanol–water partition coefficient (Wildman–Crippen LogP) is 0.217. The van der Waals surface area contributed by atoms with Crippen molar-refractivity contribution in [1.82, 2.24) is 4.90 Å². The molecule has 2 N–H and O–H groups in total. The number of guanidine groups is 1. The highest BCUT2D eigenvalue weighted by Gasteiger charge is 2.52. The Morgan fingerprint density at radius 2 is 2.16 bits per heavy atom. The Balaban J connectivity index is 0.00000180. The maximum absolute atomic E-state index is 11.6. The van der Waals surface area contributed by atoms with Crippen LogP contribution in [0.15, 0.2) is 4.99 Å². The van der Waals surface area contributed by atoms with Crippen LogP contribution in [0.2, 0.25) is 0 Å². The molecule has 0 aromatic rings. The minimum atomic E-state index is -3.03. The highest BCUT2D eigenvalue weighted by Crippen LogP contribution is 2.43. The van der Waals surface area contributed by atoms with E-state index >= 15 is 0 Å². The van der Waals surface area contributed by atoms with Gasteiger partial charge in [-0.2, -0.15) is 0 Å².